The van der Waals surface area contributed by atoms with Gasteiger partial charge in [0.25, 0.3) is 0 Å². The summed E-state index contributed by atoms with van der Waals surface area (Å²) in [5.41, 5.74) is 6.26. The van der Waals surface area contributed by atoms with Gasteiger partial charge in [-0.25, -0.2) is 0 Å². The van der Waals surface area contributed by atoms with Crippen molar-refractivity contribution in [1.29, 1.82) is 0 Å². The van der Waals surface area contributed by atoms with E-state index in [4.69, 9.17) is 10.5 Å². The van der Waals surface area contributed by atoms with Crippen molar-refractivity contribution in [3.63, 3.8) is 0 Å². The van der Waals surface area contributed by atoms with Crippen LogP contribution in [0.15, 0.2) is 0 Å². The first kappa shape index (κ1) is 9.44. The maximum Gasteiger partial charge on any atom is 0.0469 e. The minimum absolute atomic E-state index is 0.402. The Hall–Kier alpha value is -0.120. The molecule has 0 radical (unpaired) electrons. The third kappa shape index (κ3) is 2.22. The summed E-state index contributed by atoms with van der Waals surface area (Å²) in [6.07, 6.45) is 3.59. The molecule has 2 rings (SSSR count). The van der Waals surface area contributed by atoms with Crippen LogP contribution in [0.1, 0.15) is 19.3 Å². The van der Waals surface area contributed by atoms with Crippen molar-refractivity contribution in [2.24, 2.45) is 17.6 Å². The van der Waals surface area contributed by atoms with E-state index in [9.17, 15) is 0 Å². The van der Waals surface area contributed by atoms with E-state index in [1.54, 1.807) is 0 Å². The molecule has 0 aromatic carbocycles. The van der Waals surface area contributed by atoms with E-state index in [0.717, 1.165) is 39.1 Å². The van der Waals surface area contributed by atoms with Gasteiger partial charge in [-0.3, -0.25) is 0 Å². The monoisotopic (exact) mass is 184 g/mol. The summed E-state index contributed by atoms with van der Waals surface area (Å²) in [4.78, 5) is 0. The highest BCUT2D eigenvalue weighted by Crippen LogP contribution is 2.24. The van der Waals surface area contributed by atoms with E-state index in [1.807, 2.05) is 0 Å². The van der Waals surface area contributed by atoms with Gasteiger partial charge in [-0.15, -0.1) is 0 Å². The fraction of sp³-hybridized carbons (Fsp3) is 1.00. The summed E-state index contributed by atoms with van der Waals surface area (Å²) in [6.45, 7) is 4.11. The second-order valence-electron chi connectivity index (χ2n) is 4.28. The Labute approximate surface area is 80.0 Å². The van der Waals surface area contributed by atoms with Crippen LogP contribution in [-0.2, 0) is 4.74 Å². The summed E-state index contributed by atoms with van der Waals surface area (Å²) in [6, 6.07) is 0.402. The van der Waals surface area contributed by atoms with Gasteiger partial charge in [-0.05, 0) is 44.2 Å². The van der Waals surface area contributed by atoms with Gasteiger partial charge in [0.2, 0.25) is 0 Å². The first-order valence-electron chi connectivity index (χ1n) is 5.42. The largest absolute Gasteiger partial charge is 0.381 e. The molecule has 2 atom stereocenters. The van der Waals surface area contributed by atoms with E-state index in [-0.39, 0.29) is 0 Å². The first-order valence-corrected chi connectivity index (χ1v) is 5.42. The molecule has 2 aliphatic rings. The Kier molecular flexibility index (Phi) is 3.19. The Morgan fingerprint density at radius 1 is 1.15 bits per heavy atom. The van der Waals surface area contributed by atoms with Crippen LogP contribution in [0.3, 0.4) is 0 Å². The Morgan fingerprint density at radius 2 is 1.92 bits per heavy atom. The first-order chi connectivity index (χ1) is 6.38. The maximum absolute atomic E-state index is 6.26. The van der Waals surface area contributed by atoms with Crippen LogP contribution in [-0.4, -0.2) is 32.3 Å². The molecule has 13 heavy (non-hydrogen) atoms. The lowest BCUT2D eigenvalue weighted by Gasteiger charge is -2.31. The predicted molar refractivity (Wildman–Crippen MR) is 52.5 cm³/mol. The molecule has 0 spiro atoms. The minimum Gasteiger partial charge on any atom is -0.381 e. The van der Waals surface area contributed by atoms with Gasteiger partial charge in [0.15, 0.2) is 0 Å². The number of hydrogen-bond donors (Lipinski definition) is 2. The van der Waals surface area contributed by atoms with Gasteiger partial charge in [0.05, 0.1) is 0 Å². The molecule has 76 valence electrons. The van der Waals surface area contributed by atoms with Gasteiger partial charge in [-0.2, -0.15) is 0 Å². The molecule has 2 heterocycles. The molecule has 0 aliphatic carbocycles. The summed E-state index contributed by atoms with van der Waals surface area (Å²) >= 11 is 0. The van der Waals surface area contributed by atoms with Gasteiger partial charge in [-0.1, -0.05) is 0 Å². The van der Waals surface area contributed by atoms with Crippen LogP contribution in [0.5, 0.6) is 0 Å². The third-order valence-corrected chi connectivity index (χ3v) is 3.45. The number of hydrogen-bond acceptors (Lipinski definition) is 3. The molecular formula is C10H20N2O. The normalized spacial score (nSPS) is 33.5. The van der Waals surface area contributed by atoms with Crippen molar-refractivity contribution in [3.05, 3.63) is 0 Å². The van der Waals surface area contributed by atoms with E-state index < -0.39 is 0 Å². The van der Waals surface area contributed by atoms with Crippen molar-refractivity contribution in [2.75, 3.05) is 26.3 Å². The standard InChI is InChI=1S/C10H20N2O/c11-10(9-1-4-12-7-9)8-2-5-13-6-3-8/h8-10,12H,1-7,11H2. The molecule has 3 nitrogen and oxygen atoms in total. The van der Waals surface area contributed by atoms with Gasteiger partial charge in [0, 0.05) is 19.3 Å². The quantitative estimate of drug-likeness (QED) is 0.651. The van der Waals surface area contributed by atoms with Crippen molar-refractivity contribution < 1.29 is 4.74 Å². The smallest absolute Gasteiger partial charge is 0.0469 e. The van der Waals surface area contributed by atoms with Crippen molar-refractivity contribution in [1.82, 2.24) is 5.32 Å². The molecular weight excluding hydrogens is 164 g/mol. The summed E-state index contributed by atoms with van der Waals surface area (Å²) < 4.78 is 5.34. The highest BCUT2D eigenvalue weighted by Gasteiger charge is 2.29. The van der Waals surface area contributed by atoms with Gasteiger partial charge < -0.3 is 15.8 Å². The number of ether oxygens (including phenoxy) is 1. The third-order valence-electron chi connectivity index (χ3n) is 3.45. The van der Waals surface area contributed by atoms with Crippen LogP contribution in [0.2, 0.25) is 0 Å². The molecule has 0 saturated carbocycles. The van der Waals surface area contributed by atoms with E-state index in [2.05, 4.69) is 5.32 Å². The van der Waals surface area contributed by atoms with Gasteiger partial charge >= 0.3 is 0 Å². The highest BCUT2D eigenvalue weighted by molar-refractivity contribution is 4.86. The highest BCUT2D eigenvalue weighted by atomic mass is 16.5. The molecule has 2 aliphatic heterocycles. The summed E-state index contributed by atoms with van der Waals surface area (Å²) in [5, 5.41) is 3.38. The molecule has 0 amide bonds. The SMILES string of the molecule is NC(C1CCOCC1)C1CCNC1. The zero-order chi connectivity index (χ0) is 9.10. The zero-order valence-electron chi connectivity index (χ0n) is 8.17. The van der Waals surface area contributed by atoms with Crippen LogP contribution in [0, 0.1) is 11.8 Å². The molecule has 0 aromatic rings. The van der Waals surface area contributed by atoms with E-state index >= 15 is 0 Å². The number of nitrogens with two attached hydrogens (primary N) is 1. The Morgan fingerprint density at radius 3 is 2.54 bits per heavy atom. The fourth-order valence-electron chi connectivity index (χ4n) is 2.49. The van der Waals surface area contributed by atoms with Crippen LogP contribution >= 0.6 is 0 Å². The fourth-order valence-corrected chi connectivity index (χ4v) is 2.49. The van der Waals surface area contributed by atoms with Gasteiger partial charge in [0.1, 0.15) is 0 Å². The molecule has 2 unspecified atom stereocenters. The number of nitrogens with one attached hydrogen (secondary N) is 1. The topological polar surface area (TPSA) is 47.3 Å². The minimum atomic E-state index is 0.402. The van der Waals surface area contributed by atoms with Crippen molar-refractivity contribution >= 4 is 0 Å². The number of rotatable bonds is 2. The maximum atomic E-state index is 6.26. The molecule has 3 heteroatoms. The van der Waals surface area contributed by atoms with Crippen molar-refractivity contribution in [2.45, 2.75) is 25.3 Å². The average molecular weight is 184 g/mol. The summed E-state index contributed by atoms with van der Waals surface area (Å²) in [7, 11) is 0. The molecule has 2 fully saturated rings. The average Bonchev–Trinajstić information content (AvgIpc) is 2.71. The lowest BCUT2D eigenvalue weighted by molar-refractivity contribution is 0.0521. The lowest BCUT2D eigenvalue weighted by atomic mass is 9.84. The van der Waals surface area contributed by atoms with Crippen molar-refractivity contribution in [3.8, 4) is 0 Å². The van der Waals surface area contributed by atoms with Crippen LogP contribution in [0.4, 0.5) is 0 Å². The van der Waals surface area contributed by atoms with E-state index in [1.165, 1.54) is 6.42 Å². The molecule has 0 aromatic heterocycles. The second kappa shape index (κ2) is 4.40. The van der Waals surface area contributed by atoms with Crippen LogP contribution < -0.4 is 11.1 Å². The van der Waals surface area contributed by atoms with E-state index in [0.29, 0.717) is 17.9 Å². The molecule has 2 saturated heterocycles. The van der Waals surface area contributed by atoms with Crippen LogP contribution in [0.25, 0.3) is 0 Å². The lowest BCUT2D eigenvalue weighted by Crippen LogP contribution is -2.41. The Balaban J connectivity index is 1.83. The zero-order valence-corrected chi connectivity index (χ0v) is 8.17. The second-order valence-corrected chi connectivity index (χ2v) is 4.28. The predicted octanol–water partition coefficient (Wildman–Crippen LogP) is 0.350. The molecule has 3 N–H and O–H groups in total. The Bertz CT molecular complexity index is 151. The molecule has 0 bridgehead atoms. The summed E-state index contributed by atoms with van der Waals surface area (Å²) in [5.74, 6) is 1.42.